The van der Waals surface area contributed by atoms with E-state index in [0.29, 0.717) is 6.42 Å². The number of rotatable bonds is 4. The first-order valence-corrected chi connectivity index (χ1v) is 7.70. The fraction of sp³-hybridized carbons (Fsp3) is 0.857. The van der Waals surface area contributed by atoms with Crippen LogP contribution in [-0.4, -0.2) is 59.0 Å². The summed E-state index contributed by atoms with van der Waals surface area (Å²) in [6.45, 7) is -1.08. The smallest absolute Gasteiger partial charge is 0.394 e. The Labute approximate surface area is 131 Å². The number of halogens is 3. The highest BCUT2D eigenvalue weighted by atomic mass is 19.4. The molecule has 2 unspecified atom stereocenters. The molecule has 0 aromatic heterocycles. The third kappa shape index (κ3) is 4.07. The van der Waals surface area contributed by atoms with Crippen molar-refractivity contribution >= 4 is 12.0 Å². The van der Waals surface area contributed by atoms with E-state index in [1.807, 2.05) is 0 Å². The summed E-state index contributed by atoms with van der Waals surface area (Å²) in [6.07, 6.45) is -1.65. The molecule has 6 nitrogen and oxygen atoms in total. The van der Waals surface area contributed by atoms with Crippen molar-refractivity contribution in [2.75, 3.05) is 19.7 Å². The zero-order chi connectivity index (χ0) is 17.2. The number of aliphatic carboxylic acids is 1. The van der Waals surface area contributed by atoms with Crippen molar-refractivity contribution < 1.29 is 33.0 Å². The van der Waals surface area contributed by atoms with Gasteiger partial charge < -0.3 is 20.4 Å². The first-order chi connectivity index (χ1) is 10.7. The first-order valence-electron chi connectivity index (χ1n) is 7.70. The van der Waals surface area contributed by atoms with Gasteiger partial charge in [-0.2, -0.15) is 13.2 Å². The molecule has 0 radical (unpaired) electrons. The average molecular weight is 338 g/mol. The number of urea groups is 1. The van der Waals surface area contributed by atoms with E-state index in [1.54, 1.807) is 0 Å². The standard InChI is InChI=1S/C14H21F3N2O4/c15-14(16,17)10-7-19(6-9(10)12(21)22)13(23)18-11-3-1-2-8(11)4-5-20/h8-11,20H,1-7H2,(H,18,23)(H,21,22)/t8?,9-,10-,11?/m1/s1. The summed E-state index contributed by atoms with van der Waals surface area (Å²) in [5.74, 6) is -5.10. The van der Waals surface area contributed by atoms with Crippen molar-refractivity contribution in [3.05, 3.63) is 0 Å². The number of carbonyl (C=O) groups is 2. The summed E-state index contributed by atoms with van der Waals surface area (Å²) in [4.78, 5) is 24.1. The second-order valence-electron chi connectivity index (χ2n) is 6.26. The molecule has 1 saturated carbocycles. The topological polar surface area (TPSA) is 89.9 Å². The molecular formula is C14H21F3N2O4. The van der Waals surface area contributed by atoms with E-state index in [-0.39, 0.29) is 18.6 Å². The Morgan fingerprint density at radius 2 is 1.91 bits per heavy atom. The van der Waals surface area contributed by atoms with Crippen LogP contribution in [0.2, 0.25) is 0 Å². The molecule has 2 rings (SSSR count). The van der Waals surface area contributed by atoms with Gasteiger partial charge in [0.15, 0.2) is 0 Å². The van der Waals surface area contributed by atoms with Crippen molar-refractivity contribution in [2.24, 2.45) is 17.8 Å². The number of aliphatic hydroxyl groups excluding tert-OH is 1. The van der Waals surface area contributed by atoms with Crippen LogP contribution in [0.4, 0.5) is 18.0 Å². The van der Waals surface area contributed by atoms with Gasteiger partial charge in [-0.1, -0.05) is 6.42 Å². The number of hydrogen-bond acceptors (Lipinski definition) is 3. The third-order valence-electron chi connectivity index (χ3n) is 4.81. The number of likely N-dealkylation sites (tertiary alicyclic amines) is 1. The fourth-order valence-corrected chi connectivity index (χ4v) is 3.54. The molecule has 2 fully saturated rings. The average Bonchev–Trinajstić information content (AvgIpc) is 3.05. The molecule has 1 saturated heterocycles. The summed E-state index contributed by atoms with van der Waals surface area (Å²) in [5.41, 5.74) is 0. The minimum Gasteiger partial charge on any atom is -0.481 e. The van der Waals surface area contributed by atoms with E-state index in [2.05, 4.69) is 5.32 Å². The molecular weight excluding hydrogens is 317 g/mol. The van der Waals surface area contributed by atoms with E-state index < -0.39 is 43.1 Å². The zero-order valence-corrected chi connectivity index (χ0v) is 12.6. The zero-order valence-electron chi connectivity index (χ0n) is 12.6. The lowest BCUT2D eigenvalue weighted by Crippen LogP contribution is -2.46. The van der Waals surface area contributed by atoms with Crippen LogP contribution in [0.3, 0.4) is 0 Å². The molecule has 0 bridgehead atoms. The van der Waals surface area contributed by atoms with E-state index in [1.165, 1.54) is 0 Å². The van der Waals surface area contributed by atoms with E-state index in [9.17, 15) is 22.8 Å². The number of aliphatic hydroxyl groups is 1. The number of nitrogens with one attached hydrogen (secondary N) is 1. The van der Waals surface area contributed by atoms with Gasteiger partial charge in [-0.05, 0) is 25.2 Å². The molecule has 0 spiro atoms. The lowest BCUT2D eigenvalue weighted by Gasteiger charge is -2.24. The van der Waals surface area contributed by atoms with E-state index >= 15 is 0 Å². The number of nitrogens with zero attached hydrogens (tertiary/aromatic N) is 1. The second-order valence-corrected chi connectivity index (χ2v) is 6.26. The Morgan fingerprint density at radius 3 is 2.43 bits per heavy atom. The van der Waals surface area contributed by atoms with Crippen molar-refractivity contribution in [3.63, 3.8) is 0 Å². The van der Waals surface area contributed by atoms with Crippen molar-refractivity contribution in [2.45, 2.75) is 37.9 Å². The summed E-state index contributed by atoms with van der Waals surface area (Å²) in [5, 5.41) is 20.7. The molecule has 132 valence electrons. The van der Waals surface area contributed by atoms with Gasteiger partial charge in [-0.25, -0.2) is 4.79 Å². The van der Waals surface area contributed by atoms with Crippen molar-refractivity contribution in [1.82, 2.24) is 10.2 Å². The Morgan fingerprint density at radius 1 is 1.22 bits per heavy atom. The Balaban J connectivity index is 1.99. The summed E-state index contributed by atoms with van der Waals surface area (Å²) < 4.78 is 38.8. The van der Waals surface area contributed by atoms with Crippen LogP contribution in [0.15, 0.2) is 0 Å². The Bertz CT molecular complexity index is 458. The molecule has 1 heterocycles. The van der Waals surface area contributed by atoms with Gasteiger partial charge in [-0.15, -0.1) is 0 Å². The largest absolute Gasteiger partial charge is 0.481 e. The van der Waals surface area contributed by atoms with E-state index in [4.69, 9.17) is 10.2 Å². The van der Waals surface area contributed by atoms with Crippen LogP contribution in [0, 0.1) is 17.8 Å². The quantitative estimate of drug-likeness (QED) is 0.724. The Kier molecular flexibility index (Phi) is 5.38. The highest BCUT2D eigenvalue weighted by Gasteiger charge is 2.53. The summed E-state index contributed by atoms with van der Waals surface area (Å²) in [7, 11) is 0. The summed E-state index contributed by atoms with van der Waals surface area (Å²) in [6, 6.07) is -0.833. The third-order valence-corrected chi connectivity index (χ3v) is 4.81. The molecule has 2 amide bonds. The van der Waals surface area contributed by atoms with Gasteiger partial charge in [0.2, 0.25) is 0 Å². The Hall–Kier alpha value is -1.51. The summed E-state index contributed by atoms with van der Waals surface area (Å²) >= 11 is 0. The van der Waals surface area contributed by atoms with Gasteiger partial charge in [0.05, 0.1) is 11.8 Å². The van der Waals surface area contributed by atoms with Crippen LogP contribution >= 0.6 is 0 Å². The minimum absolute atomic E-state index is 0.00200. The normalized spacial score (nSPS) is 31.4. The molecule has 9 heteroatoms. The van der Waals surface area contributed by atoms with Crippen LogP contribution < -0.4 is 5.32 Å². The number of carboxylic acids is 1. The van der Waals surface area contributed by atoms with Crippen LogP contribution in [-0.2, 0) is 4.79 Å². The highest BCUT2D eigenvalue weighted by molar-refractivity contribution is 5.78. The molecule has 2 aliphatic rings. The first kappa shape index (κ1) is 17.8. The number of amides is 2. The fourth-order valence-electron chi connectivity index (χ4n) is 3.54. The molecule has 1 aliphatic heterocycles. The monoisotopic (exact) mass is 338 g/mol. The number of carboxylic acid groups (broad SMARTS) is 1. The number of alkyl halides is 3. The lowest BCUT2D eigenvalue weighted by molar-refractivity contribution is -0.187. The van der Waals surface area contributed by atoms with Crippen LogP contribution in [0.25, 0.3) is 0 Å². The molecule has 0 aromatic carbocycles. The number of carbonyl (C=O) groups excluding carboxylic acids is 1. The molecule has 4 atom stereocenters. The van der Waals surface area contributed by atoms with E-state index in [0.717, 1.165) is 24.2 Å². The highest BCUT2D eigenvalue weighted by Crippen LogP contribution is 2.38. The second kappa shape index (κ2) is 6.94. The van der Waals surface area contributed by atoms with Crippen molar-refractivity contribution in [3.8, 4) is 0 Å². The van der Waals surface area contributed by atoms with Gasteiger partial charge in [0.25, 0.3) is 0 Å². The maximum absolute atomic E-state index is 12.9. The van der Waals surface area contributed by atoms with Crippen LogP contribution in [0.5, 0.6) is 0 Å². The van der Waals surface area contributed by atoms with Gasteiger partial charge in [0.1, 0.15) is 0 Å². The van der Waals surface area contributed by atoms with Gasteiger partial charge in [-0.3, -0.25) is 4.79 Å². The molecule has 3 N–H and O–H groups in total. The molecule has 0 aromatic rings. The minimum atomic E-state index is -4.65. The van der Waals surface area contributed by atoms with Gasteiger partial charge in [0, 0.05) is 25.7 Å². The predicted molar refractivity (Wildman–Crippen MR) is 73.6 cm³/mol. The maximum atomic E-state index is 12.9. The molecule has 1 aliphatic carbocycles. The predicted octanol–water partition coefficient (Wildman–Crippen LogP) is 1.44. The number of hydrogen-bond donors (Lipinski definition) is 3. The SMILES string of the molecule is O=C(O)[C@@H]1CN(C(=O)NC2CCCC2CCO)C[C@H]1C(F)(F)F. The van der Waals surface area contributed by atoms with Crippen molar-refractivity contribution in [1.29, 1.82) is 0 Å². The van der Waals surface area contributed by atoms with Gasteiger partial charge >= 0.3 is 18.2 Å². The van der Waals surface area contributed by atoms with Crippen LogP contribution in [0.1, 0.15) is 25.7 Å². The lowest BCUT2D eigenvalue weighted by atomic mass is 9.96. The maximum Gasteiger partial charge on any atom is 0.394 e. The molecule has 23 heavy (non-hydrogen) atoms.